The smallest absolute Gasteiger partial charge is 0.316 e. The van der Waals surface area contributed by atoms with Gasteiger partial charge in [-0.3, -0.25) is 9.69 Å². The number of nitrogens with zero attached hydrogens (tertiary/aromatic N) is 5. The standard InChI is InChI=1S/C20H29N5O2/c1-20(2,3)17-5-6-18(26)25(23-17)13-15-8-11-24(12-9-15)14-16-7-10-21-19(22-16)27-4/h5-7,10,15H,8-9,11-14H2,1-4H3. The van der Waals surface area contributed by atoms with Crippen LogP contribution in [0.1, 0.15) is 45.0 Å². The third kappa shape index (κ3) is 5.13. The van der Waals surface area contributed by atoms with Gasteiger partial charge in [0.15, 0.2) is 0 Å². The highest BCUT2D eigenvalue weighted by Crippen LogP contribution is 2.21. The van der Waals surface area contributed by atoms with E-state index in [9.17, 15) is 4.79 Å². The summed E-state index contributed by atoms with van der Waals surface area (Å²) in [4.78, 5) is 23.0. The molecule has 0 bridgehead atoms. The minimum absolute atomic E-state index is 0.0153. The average Bonchev–Trinajstić information content (AvgIpc) is 2.64. The van der Waals surface area contributed by atoms with Crippen molar-refractivity contribution >= 4 is 0 Å². The molecule has 0 aromatic carbocycles. The van der Waals surface area contributed by atoms with Crippen LogP contribution in [-0.2, 0) is 18.5 Å². The van der Waals surface area contributed by atoms with Gasteiger partial charge >= 0.3 is 6.01 Å². The van der Waals surface area contributed by atoms with Crippen molar-refractivity contribution in [3.63, 3.8) is 0 Å². The molecule has 0 amide bonds. The predicted molar refractivity (Wildman–Crippen MR) is 104 cm³/mol. The minimum Gasteiger partial charge on any atom is -0.467 e. The molecule has 146 valence electrons. The van der Waals surface area contributed by atoms with Crippen LogP contribution in [0, 0.1) is 5.92 Å². The molecule has 0 atom stereocenters. The highest BCUT2D eigenvalue weighted by atomic mass is 16.5. The van der Waals surface area contributed by atoms with Crippen LogP contribution < -0.4 is 10.3 Å². The van der Waals surface area contributed by atoms with E-state index in [2.05, 4.69) is 40.7 Å². The van der Waals surface area contributed by atoms with Crippen molar-refractivity contribution in [1.82, 2.24) is 24.6 Å². The molecule has 0 spiro atoms. The van der Waals surface area contributed by atoms with E-state index in [0.29, 0.717) is 18.5 Å². The average molecular weight is 371 g/mol. The van der Waals surface area contributed by atoms with E-state index in [1.54, 1.807) is 24.1 Å². The molecule has 0 aliphatic carbocycles. The van der Waals surface area contributed by atoms with E-state index in [-0.39, 0.29) is 11.0 Å². The van der Waals surface area contributed by atoms with Crippen molar-refractivity contribution in [1.29, 1.82) is 0 Å². The van der Waals surface area contributed by atoms with Gasteiger partial charge in [0, 0.05) is 30.8 Å². The summed E-state index contributed by atoms with van der Waals surface area (Å²) in [7, 11) is 1.58. The number of hydrogen-bond donors (Lipinski definition) is 0. The van der Waals surface area contributed by atoms with Gasteiger partial charge in [-0.1, -0.05) is 20.8 Å². The van der Waals surface area contributed by atoms with E-state index in [4.69, 9.17) is 4.74 Å². The van der Waals surface area contributed by atoms with Gasteiger partial charge in [0.25, 0.3) is 5.56 Å². The Hall–Kier alpha value is -2.28. The lowest BCUT2D eigenvalue weighted by Crippen LogP contribution is -2.37. The fraction of sp³-hybridized carbons (Fsp3) is 0.600. The first kappa shape index (κ1) is 19.5. The van der Waals surface area contributed by atoms with E-state index >= 15 is 0 Å². The molecule has 7 heteroatoms. The van der Waals surface area contributed by atoms with Crippen LogP contribution in [0.5, 0.6) is 6.01 Å². The lowest BCUT2D eigenvalue weighted by molar-refractivity contribution is 0.161. The SMILES string of the molecule is COc1nccc(CN2CCC(Cn3nc(C(C)(C)C)ccc3=O)CC2)n1. The first-order chi connectivity index (χ1) is 12.8. The van der Waals surface area contributed by atoms with Gasteiger partial charge in [0.05, 0.1) is 18.5 Å². The van der Waals surface area contributed by atoms with E-state index in [1.165, 1.54) is 0 Å². The minimum atomic E-state index is -0.0581. The normalized spacial score (nSPS) is 16.4. The summed E-state index contributed by atoms with van der Waals surface area (Å²) in [6, 6.07) is 5.82. The molecule has 1 saturated heterocycles. The summed E-state index contributed by atoms with van der Waals surface area (Å²) in [5, 5.41) is 4.60. The van der Waals surface area contributed by atoms with Gasteiger partial charge in [-0.05, 0) is 44.0 Å². The quantitative estimate of drug-likeness (QED) is 0.803. The van der Waals surface area contributed by atoms with Crippen LogP contribution in [-0.4, -0.2) is 44.8 Å². The fourth-order valence-electron chi connectivity index (χ4n) is 3.34. The van der Waals surface area contributed by atoms with E-state index < -0.39 is 0 Å². The van der Waals surface area contributed by atoms with Gasteiger partial charge < -0.3 is 4.74 Å². The second-order valence-corrected chi connectivity index (χ2v) is 8.24. The molecule has 0 N–H and O–H groups in total. The molecule has 0 saturated carbocycles. The van der Waals surface area contributed by atoms with Crippen LogP contribution >= 0.6 is 0 Å². The molecular formula is C20H29N5O2. The first-order valence-electron chi connectivity index (χ1n) is 9.52. The van der Waals surface area contributed by atoms with Crippen LogP contribution in [0.15, 0.2) is 29.2 Å². The Balaban J connectivity index is 1.57. The number of piperidine rings is 1. The summed E-state index contributed by atoms with van der Waals surface area (Å²) in [5.74, 6) is 0.474. The van der Waals surface area contributed by atoms with Crippen LogP contribution in [0.25, 0.3) is 0 Å². The summed E-state index contributed by atoms with van der Waals surface area (Å²) in [5.41, 5.74) is 1.85. The topological polar surface area (TPSA) is 73.1 Å². The largest absolute Gasteiger partial charge is 0.467 e. The molecule has 27 heavy (non-hydrogen) atoms. The van der Waals surface area contributed by atoms with Crippen molar-refractivity contribution in [3.05, 3.63) is 46.1 Å². The third-order valence-corrected chi connectivity index (χ3v) is 5.03. The summed E-state index contributed by atoms with van der Waals surface area (Å²) < 4.78 is 6.74. The second-order valence-electron chi connectivity index (χ2n) is 8.24. The zero-order valence-corrected chi connectivity index (χ0v) is 16.7. The molecule has 1 aliphatic rings. The Morgan fingerprint density at radius 2 is 1.93 bits per heavy atom. The maximum Gasteiger partial charge on any atom is 0.316 e. The molecule has 1 aliphatic heterocycles. The van der Waals surface area contributed by atoms with Crippen molar-refractivity contribution in [2.45, 2.75) is 52.1 Å². The highest BCUT2D eigenvalue weighted by molar-refractivity contribution is 5.10. The number of methoxy groups -OCH3 is 1. The van der Waals surface area contributed by atoms with Crippen LogP contribution in [0.4, 0.5) is 0 Å². The molecule has 3 heterocycles. The van der Waals surface area contributed by atoms with Crippen molar-refractivity contribution in [3.8, 4) is 6.01 Å². The molecule has 7 nitrogen and oxygen atoms in total. The Labute approximate surface area is 160 Å². The predicted octanol–water partition coefficient (Wildman–Crippen LogP) is 2.25. The molecular weight excluding hydrogens is 342 g/mol. The first-order valence-corrected chi connectivity index (χ1v) is 9.52. The molecule has 3 rings (SSSR count). The van der Waals surface area contributed by atoms with Crippen molar-refractivity contribution in [2.75, 3.05) is 20.2 Å². The number of hydrogen-bond acceptors (Lipinski definition) is 6. The molecule has 2 aromatic rings. The summed E-state index contributed by atoms with van der Waals surface area (Å²) in [6.07, 6.45) is 3.83. The third-order valence-electron chi connectivity index (χ3n) is 5.03. The summed E-state index contributed by atoms with van der Waals surface area (Å²) >= 11 is 0. The Kier molecular flexibility index (Phi) is 5.89. The maximum atomic E-state index is 12.2. The van der Waals surface area contributed by atoms with Gasteiger partial charge in [0.1, 0.15) is 0 Å². The number of ether oxygens (including phenoxy) is 1. The second kappa shape index (κ2) is 8.17. The fourth-order valence-corrected chi connectivity index (χ4v) is 3.34. The molecule has 0 unspecified atom stereocenters. The Morgan fingerprint density at radius 3 is 2.59 bits per heavy atom. The molecule has 2 aromatic heterocycles. The molecule has 0 radical (unpaired) electrons. The number of rotatable bonds is 5. The zero-order chi connectivity index (χ0) is 19.4. The van der Waals surface area contributed by atoms with Crippen LogP contribution in [0.2, 0.25) is 0 Å². The number of likely N-dealkylation sites (tertiary alicyclic amines) is 1. The van der Waals surface area contributed by atoms with Gasteiger partial charge in [0.2, 0.25) is 0 Å². The highest BCUT2D eigenvalue weighted by Gasteiger charge is 2.22. The Bertz CT molecular complexity index is 820. The van der Waals surface area contributed by atoms with Crippen LogP contribution in [0.3, 0.4) is 0 Å². The zero-order valence-electron chi connectivity index (χ0n) is 16.7. The molecule has 1 fully saturated rings. The lowest BCUT2D eigenvalue weighted by Gasteiger charge is -2.31. The van der Waals surface area contributed by atoms with Gasteiger partial charge in [-0.25, -0.2) is 9.67 Å². The van der Waals surface area contributed by atoms with Crippen molar-refractivity contribution in [2.24, 2.45) is 5.92 Å². The maximum absolute atomic E-state index is 12.2. The lowest BCUT2D eigenvalue weighted by atomic mass is 9.92. The number of aromatic nitrogens is 4. The van der Waals surface area contributed by atoms with Gasteiger partial charge in [-0.2, -0.15) is 10.1 Å². The van der Waals surface area contributed by atoms with Crippen molar-refractivity contribution < 1.29 is 4.74 Å². The van der Waals surface area contributed by atoms with Gasteiger partial charge in [-0.15, -0.1) is 0 Å². The van der Waals surface area contributed by atoms with E-state index in [0.717, 1.165) is 43.9 Å². The Morgan fingerprint density at radius 1 is 1.19 bits per heavy atom. The van der Waals surface area contributed by atoms with E-state index in [1.807, 2.05) is 12.1 Å². The monoisotopic (exact) mass is 371 g/mol. The summed E-state index contributed by atoms with van der Waals surface area (Å²) in [6.45, 7) is 9.82.